The summed E-state index contributed by atoms with van der Waals surface area (Å²) >= 11 is 1.58. The van der Waals surface area contributed by atoms with Gasteiger partial charge >= 0.3 is 0 Å². The normalized spacial score (nSPS) is 15.8. The van der Waals surface area contributed by atoms with Gasteiger partial charge in [0.05, 0.1) is 21.9 Å². The van der Waals surface area contributed by atoms with Gasteiger partial charge in [0.1, 0.15) is 29.4 Å². The van der Waals surface area contributed by atoms with Gasteiger partial charge in [0, 0.05) is 23.7 Å². The Morgan fingerprint density at radius 2 is 1.37 bits per heavy atom. The average molecular weight is 821 g/mol. The minimum absolute atomic E-state index is 0.0391. The summed E-state index contributed by atoms with van der Waals surface area (Å²) < 4.78 is 78.0. The number of carbonyl (C=O) groups excluding carboxylic acids is 1. The van der Waals surface area contributed by atoms with Crippen LogP contribution < -0.4 is 15.8 Å². The lowest BCUT2D eigenvalue weighted by Gasteiger charge is -2.35. The van der Waals surface area contributed by atoms with Gasteiger partial charge < -0.3 is 15.8 Å². The highest BCUT2D eigenvalue weighted by Crippen LogP contribution is 2.48. The number of nitrogens with two attached hydrogens (primary N) is 1. The molecule has 0 aliphatic heterocycles. The molecule has 59 heavy (non-hydrogen) atoms. The lowest BCUT2D eigenvalue weighted by atomic mass is 9.84. The van der Waals surface area contributed by atoms with Crippen molar-refractivity contribution in [2.75, 3.05) is 11.5 Å². The summed E-state index contributed by atoms with van der Waals surface area (Å²) in [4.78, 5) is 22.4. The number of nitrogen functional groups attached to an aromatic ring is 1. The first-order chi connectivity index (χ1) is 28.6. The van der Waals surface area contributed by atoms with E-state index >= 15 is 4.39 Å². The lowest BCUT2D eigenvalue weighted by Crippen LogP contribution is -2.37. The largest absolute Gasteiger partial charge is 0.451 e. The Morgan fingerprint density at radius 3 is 1.97 bits per heavy atom. The second kappa shape index (κ2) is 16.9. The molecular formula is C45H37F5N6O2S. The molecule has 2 atom stereocenters. The van der Waals surface area contributed by atoms with Crippen LogP contribution in [0.4, 0.5) is 27.8 Å². The standard InChI is InChI=1S/C45H37F5N6O2S/c46-34-23-32(58-42-39(49)35(47)24-36(48)40(42)50)21-22-33(34)41-38-43(51)52-26-53-44(38)56(55-41)31-18-10-17-30(19-20-31)54-37(57)25-59-45(27-11-4-1-5-12-27,28-13-6-2-7-14-28)29-15-8-3-9-16-29/h1-9,11-16,21-24,26,30-31H,10,17-20,25H2,(H,54,57)(H2,51,52,53). The minimum atomic E-state index is -1.76. The van der Waals surface area contributed by atoms with E-state index in [2.05, 4.69) is 51.7 Å². The first-order valence-corrected chi connectivity index (χ1v) is 20.0. The summed E-state index contributed by atoms with van der Waals surface area (Å²) in [6.45, 7) is 0. The molecule has 1 aliphatic rings. The highest BCUT2D eigenvalue weighted by molar-refractivity contribution is 8.01. The van der Waals surface area contributed by atoms with Crippen molar-refractivity contribution in [1.29, 1.82) is 0 Å². The molecule has 2 unspecified atom stereocenters. The van der Waals surface area contributed by atoms with Crippen LogP contribution >= 0.6 is 11.8 Å². The molecule has 0 bridgehead atoms. The number of hydrogen-bond donors (Lipinski definition) is 2. The predicted molar refractivity (Wildman–Crippen MR) is 217 cm³/mol. The average Bonchev–Trinajstić information content (AvgIpc) is 3.49. The zero-order valence-corrected chi connectivity index (χ0v) is 32.2. The van der Waals surface area contributed by atoms with Crippen molar-refractivity contribution in [2.45, 2.75) is 48.9 Å². The molecule has 1 amide bonds. The molecule has 14 heteroatoms. The van der Waals surface area contributed by atoms with Crippen molar-refractivity contribution in [1.82, 2.24) is 25.1 Å². The number of halogens is 5. The second-order valence-corrected chi connectivity index (χ2v) is 15.5. The molecule has 1 aliphatic carbocycles. The summed E-state index contributed by atoms with van der Waals surface area (Å²) in [5, 5.41) is 8.38. The van der Waals surface area contributed by atoms with Crippen molar-refractivity contribution in [2.24, 2.45) is 0 Å². The third-order valence-corrected chi connectivity index (χ3v) is 12.2. The maximum Gasteiger partial charge on any atom is 0.230 e. The van der Waals surface area contributed by atoms with E-state index in [0.717, 1.165) is 35.6 Å². The van der Waals surface area contributed by atoms with Crippen LogP contribution in [0.15, 0.2) is 122 Å². The topological polar surface area (TPSA) is 108 Å². The summed E-state index contributed by atoms with van der Waals surface area (Å²) in [7, 11) is 0. The fourth-order valence-corrected chi connectivity index (χ4v) is 9.17. The molecule has 1 fully saturated rings. The van der Waals surface area contributed by atoms with Crippen molar-refractivity contribution in [3.63, 3.8) is 0 Å². The fourth-order valence-electron chi connectivity index (χ4n) is 7.83. The van der Waals surface area contributed by atoms with E-state index in [0.29, 0.717) is 30.3 Å². The number of hydrogen-bond acceptors (Lipinski definition) is 7. The van der Waals surface area contributed by atoms with Gasteiger partial charge in [-0.15, -0.1) is 11.8 Å². The first-order valence-electron chi connectivity index (χ1n) is 19.0. The monoisotopic (exact) mass is 820 g/mol. The van der Waals surface area contributed by atoms with Crippen molar-refractivity contribution in [3.8, 4) is 22.8 Å². The van der Waals surface area contributed by atoms with E-state index in [1.807, 2.05) is 54.6 Å². The number of ether oxygens (including phenoxy) is 1. The highest BCUT2D eigenvalue weighted by Gasteiger charge is 2.38. The third-order valence-electron chi connectivity index (χ3n) is 10.6. The maximum absolute atomic E-state index is 15.8. The molecule has 0 spiro atoms. The maximum atomic E-state index is 15.8. The Labute approximate surface area is 340 Å². The number of nitrogens with one attached hydrogen (secondary N) is 1. The highest BCUT2D eigenvalue weighted by atomic mass is 32.2. The molecule has 2 aromatic heterocycles. The van der Waals surface area contributed by atoms with Gasteiger partial charge in [-0.2, -0.15) is 13.9 Å². The summed E-state index contributed by atoms with van der Waals surface area (Å²) in [6.07, 6.45) is 4.76. The molecule has 3 N–H and O–H groups in total. The van der Waals surface area contributed by atoms with Gasteiger partial charge in [0.15, 0.2) is 17.3 Å². The molecule has 1 saturated carbocycles. The number of benzene rings is 5. The van der Waals surface area contributed by atoms with E-state index in [1.165, 1.54) is 18.5 Å². The van der Waals surface area contributed by atoms with Crippen LogP contribution in [0.3, 0.4) is 0 Å². The van der Waals surface area contributed by atoms with Gasteiger partial charge in [-0.25, -0.2) is 27.8 Å². The van der Waals surface area contributed by atoms with Gasteiger partial charge in [-0.3, -0.25) is 4.79 Å². The van der Waals surface area contributed by atoms with Crippen LogP contribution in [0, 0.1) is 29.1 Å². The van der Waals surface area contributed by atoms with Crippen LogP contribution in [-0.4, -0.2) is 37.5 Å². The zero-order chi connectivity index (χ0) is 41.1. The summed E-state index contributed by atoms with van der Waals surface area (Å²) in [5.74, 6) is -9.33. The van der Waals surface area contributed by atoms with E-state index in [4.69, 9.17) is 15.6 Å². The molecule has 2 heterocycles. The quantitative estimate of drug-likeness (QED) is 0.0579. The van der Waals surface area contributed by atoms with Crippen LogP contribution in [0.5, 0.6) is 11.5 Å². The van der Waals surface area contributed by atoms with Crippen LogP contribution in [0.2, 0.25) is 0 Å². The first kappa shape index (κ1) is 39.5. The summed E-state index contributed by atoms with van der Waals surface area (Å²) in [6, 6.07) is 33.7. The number of anilines is 1. The van der Waals surface area contributed by atoms with Crippen molar-refractivity contribution >= 4 is 34.5 Å². The molecule has 8 rings (SSSR count). The SMILES string of the molecule is Nc1ncnc2c1c(-c1ccc(Oc3c(F)c(F)cc(F)c3F)cc1F)nn2C1CCCC(NC(=O)CSC(c2ccccc2)(c2ccccc2)c2ccccc2)CC1. The van der Waals surface area contributed by atoms with Crippen LogP contribution in [0.25, 0.3) is 22.3 Å². The minimum Gasteiger partial charge on any atom is -0.451 e. The number of amides is 1. The molecule has 0 saturated heterocycles. The molecular weight excluding hydrogens is 784 g/mol. The van der Waals surface area contributed by atoms with Gasteiger partial charge in [-0.05, 0) is 60.9 Å². The molecule has 8 nitrogen and oxygen atoms in total. The number of thioether (sulfide) groups is 1. The van der Waals surface area contributed by atoms with Crippen molar-refractivity contribution in [3.05, 3.63) is 167 Å². The second-order valence-electron chi connectivity index (χ2n) is 14.3. The van der Waals surface area contributed by atoms with Crippen LogP contribution in [0.1, 0.15) is 54.8 Å². The smallest absolute Gasteiger partial charge is 0.230 e. The van der Waals surface area contributed by atoms with Gasteiger partial charge in [0.25, 0.3) is 0 Å². The van der Waals surface area contributed by atoms with E-state index < -0.39 is 45.3 Å². The predicted octanol–water partition coefficient (Wildman–Crippen LogP) is 10.3. The third kappa shape index (κ3) is 7.84. The number of rotatable bonds is 11. The Morgan fingerprint density at radius 1 is 0.763 bits per heavy atom. The zero-order valence-electron chi connectivity index (χ0n) is 31.4. The Balaban J connectivity index is 1.00. The summed E-state index contributed by atoms with van der Waals surface area (Å²) in [5.41, 5.74) is 9.98. The number of fused-ring (bicyclic) bond motifs is 1. The molecule has 5 aromatic carbocycles. The van der Waals surface area contributed by atoms with E-state index in [9.17, 15) is 22.4 Å². The lowest BCUT2D eigenvalue weighted by molar-refractivity contribution is -0.119. The number of carbonyl (C=O) groups is 1. The van der Waals surface area contributed by atoms with Crippen molar-refractivity contribution < 1.29 is 31.5 Å². The molecule has 300 valence electrons. The Kier molecular flexibility index (Phi) is 11.3. The molecule has 7 aromatic rings. The van der Waals surface area contributed by atoms with E-state index in [1.54, 1.807) is 16.4 Å². The van der Waals surface area contributed by atoms with Gasteiger partial charge in [0.2, 0.25) is 23.3 Å². The Hall–Kier alpha value is -6.28. The van der Waals surface area contributed by atoms with E-state index in [-0.39, 0.29) is 46.9 Å². The van der Waals surface area contributed by atoms with Crippen LogP contribution in [-0.2, 0) is 9.54 Å². The Bertz CT molecular complexity index is 2490. The number of aromatic nitrogens is 4. The van der Waals surface area contributed by atoms with Gasteiger partial charge in [-0.1, -0.05) is 91.0 Å². The fraction of sp³-hybridized carbons (Fsp3) is 0.200. The number of nitrogens with zero attached hydrogens (tertiary/aromatic N) is 4. The molecule has 0 radical (unpaired) electrons.